The van der Waals surface area contributed by atoms with Crippen LogP contribution in [0.25, 0.3) is 22.6 Å². The minimum atomic E-state index is -0.392. The number of rotatable bonds is 8. The van der Waals surface area contributed by atoms with Crippen molar-refractivity contribution < 1.29 is 18.6 Å². The normalized spacial score (nSPS) is 10.8. The second kappa shape index (κ2) is 12.1. The number of nitrogens with two attached hydrogens (primary N) is 2. The van der Waals surface area contributed by atoms with Crippen molar-refractivity contribution in [2.45, 2.75) is 49.0 Å². The number of thiophene rings is 2. The third-order valence-electron chi connectivity index (χ3n) is 5.49. The number of carbonyl (C=O) groups is 2. The number of aryl methyl sites for hydroxylation is 2. The maximum atomic E-state index is 11.5. The summed E-state index contributed by atoms with van der Waals surface area (Å²) in [6.45, 7) is 7.89. The molecule has 0 radical (unpaired) electrons. The zero-order chi connectivity index (χ0) is 26.6. The Morgan fingerprint density at radius 2 is 1.42 bits per heavy atom. The van der Waals surface area contributed by atoms with Crippen molar-refractivity contribution in [1.82, 2.24) is 10.3 Å². The maximum absolute atomic E-state index is 11.5. The number of primary amides is 2. The van der Waals surface area contributed by atoms with Gasteiger partial charge in [-0.3, -0.25) is 9.59 Å². The van der Waals surface area contributed by atoms with Gasteiger partial charge in [-0.15, -0.1) is 46.2 Å². The number of carbonyl (C=O) groups excluding carboxylic acids is 2. The van der Waals surface area contributed by atoms with Gasteiger partial charge < -0.3 is 20.5 Å². The van der Waals surface area contributed by atoms with E-state index in [9.17, 15) is 9.59 Å². The van der Waals surface area contributed by atoms with Gasteiger partial charge in [0, 0.05) is 22.3 Å². The second-order valence-electron chi connectivity index (χ2n) is 7.65. The van der Waals surface area contributed by atoms with Crippen LogP contribution in [0.1, 0.15) is 55.4 Å². The molecule has 0 saturated carbocycles. The molecule has 0 fully saturated rings. The fourth-order valence-electron chi connectivity index (χ4n) is 3.73. The van der Waals surface area contributed by atoms with E-state index >= 15 is 0 Å². The summed E-state index contributed by atoms with van der Waals surface area (Å²) in [5.74, 6) is 0.718. The topological polar surface area (TPSA) is 138 Å². The fourth-order valence-corrected chi connectivity index (χ4v) is 7.63. The number of hydrogen-bond acceptors (Lipinski definition) is 10. The summed E-state index contributed by atoms with van der Waals surface area (Å²) in [5.41, 5.74) is 16.6. The summed E-state index contributed by atoms with van der Waals surface area (Å²) < 4.78 is 12.7. The Morgan fingerprint density at radius 3 is 1.92 bits per heavy atom. The first-order chi connectivity index (χ1) is 17.2. The largest absolute Gasteiger partial charge is 0.365 e. The summed E-state index contributed by atoms with van der Waals surface area (Å²) in [5, 5.41) is 7.65. The highest BCUT2D eigenvalue weighted by Crippen LogP contribution is 2.44. The molecular weight excluding hydrogens is 537 g/mol. The van der Waals surface area contributed by atoms with Crippen molar-refractivity contribution in [3.8, 4) is 22.6 Å². The van der Waals surface area contributed by atoms with Gasteiger partial charge in [-0.05, 0) is 50.3 Å². The molecule has 4 heterocycles. The molecule has 0 spiro atoms. The number of hydrogen-bond donors (Lipinski definition) is 2. The average molecular weight is 565 g/mol. The summed E-state index contributed by atoms with van der Waals surface area (Å²) in [7, 11) is 0. The Bertz CT molecular complexity index is 1380. The molecule has 4 N–H and O–H groups in total. The molecule has 0 aliphatic heterocycles. The molecule has 0 bridgehead atoms. The van der Waals surface area contributed by atoms with E-state index in [0.717, 1.165) is 66.2 Å². The van der Waals surface area contributed by atoms with E-state index in [1.807, 2.05) is 40.2 Å². The van der Waals surface area contributed by atoms with Crippen LogP contribution in [-0.2, 0) is 12.8 Å². The predicted octanol–water partition coefficient (Wildman–Crippen LogP) is 6.19. The highest BCUT2D eigenvalue weighted by atomic mass is 32.2. The maximum Gasteiger partial charge on any atom is 0.259 e. The molecule has 4 aromatic rings. The summed E-state index contributed by atoms with van der Waals surface area (Å²) in [6, 6.07) is 0. The molecule has 0 atom stereocenters. The Kier molecular flexibility index (Phi) is 9.45. The van der Waals surface area contributed by atoms with Crippen LogP contribution in [0, 0.1) is 13.8 Å². The minimum absolute atomic E-state index is 0.379. The summed E-state index contributed by atoms with van der Waals surface area (Å²) in [4.78, 5) is 24.1. The van der Waals surface area contributed by atoms with Crippen molar-refractivity contribution in [2.75, 3.05) is 12.5 Å². The Labute approximate surface area is 226 Å². The fraction of sp³-hybridized carbons (Fsp3) is 0.333. The SMILES string of the molecule is CCc1c(C(N)=O)sc(SC)c1-c1oncc1C.CCc1cnoc1-c1c(SC)sc(C(N)=O)c1C. The van der Waals surface area contributed by atoms with E-state index in [1.54, 1.807) is 35.9 Å². The number of amides is 2. The number of thioether (sulfide) groups is 2. The molecule has 0 aliphatic carbocycles. The third-order valence-corrected chi connectivity index (χ3v) is 10.3. The van der Waals surface area contributed by atoms with Gasteiger partial charge in [-0.2, -0.15) is 0 Å². The Morgan fingerprint density at radius 1 is 0.861 bits per heavy atom. The van der Waals surface area contributed by atoms with Gasteiger partial charge >= 0.3 is 0 Å². The van der Waals surface area contributed by atoms with E-state index in [4.69, 9.17) is 20.5 Å². The molecule has 0 unspecified atom stereocenters. The van der Waals surface area contributed by atoms with Crippen molar-refractivity contribution in [3.63, 3.8) is 0 Å². The van der Waals surface area contributed by atoms with E-state index in [0.29, 0.717) is 9.75 Å². The molecule has 0 aromatic carbocycles. The lowest BCUT2D eigenvalue weighted by Crippen LogP contribution is -2.11. The van der Waals surface area contributed by atoms with E-state index in [1.165, 1.54) is 22.7 Å². The highest BCUT2D eigenvalue weighted by Gasteiger charge is 2.25. The lowest BCUT2D eigenvalue weighted by atomic mass is 10.0. The first-order valence-electron chi connectivity index (χ1n) is 11.0. The van der Waals surface area contributed by atoms with Crippen LogP contribution in [-0.4, -0.2) is 34.6 Å². The molecule has 2 amide bonds. The van der Waals surface area contributed by atoms with Crippen LogP contribution in [0.2, 0.25) is 0 Å². The van der Waals surface area contributed by atoms with E-state index in [2.05, 4.69) is 10.3 Å². The van der Waals surface area contributed by atoms with Gasteiger partial charge in [0.25, 0.3) is 11.8 Å². The summed E-state index contributed by atoms with van der Waals surface area (Å²) in [6.07, 6.45) is 8.94. The Hall–Kier alpha value is -2.54. The van der Waals surface area contributed by atoms with E-state index < -0.39 is 5.91 Å². The number of nitrogens with zero attached hydrogens (tertiary/aromatic N) is 2. The first kappa shape index (κ1) is 28.0. The molecule has 0 saturated heterocycles. The minimum Gasteiger partial charge on any atom is -0.365 e. The zero-order valence-electron chi connectivity index (χ0n) is 20.9. The Balaban J connectivity index is 0.000000201. The smallest absolute Gasteiger partial charge is 0.259 e. The molecule has 4 aromatic heterocycles. The molecule has 192 valence electrons. The average Bonchev–Trinajstić information content (AvgIpc) is 3.62. The monoisotopic (exact) mass is 564 g/mol. The number of aromatic nitrogens is 2. The highest BCUT2D eigenvalue weighted by molar-refractivity contribution is 8.00. The predicted molar refractivity (Wildman–Crippen MR) is 148 cm³/mol. The molecule has 0 aliphatic rings. The van der Waals surface area contributed by atoms with Crippen LogP contribution in [0.4, 0.5) is 0 Å². The van der Waals surface area contributed by atoms with Gasteiger partial charge in [0.1, 0.15) is 0 Å². The third kappa shape index (κ3) is 5.41. The van der Waals surface area contributed by atoms with Crippen molar-refractivity contribution in [2.24, 2.45) is 11.5 Å². The summed E-state index contributed by atoms with van der Waals surface area (Å²) >= 11 is 6.02. The van der Waals surface area contributed by atoms with Crippen LogP contribution in [0.5, 0.6) is 0 Å². The lowest BCUT2D eigenvalue weighted by molar-refractivity contribution is 0.0995. The second-order valence-corrected chi connectivity index (χ2v) is 11.8. The van der Waals surface area contributed by atoms with Crippen LogP contribution >= 0.6 is 46.2 Å². The standard InChI is InChI=1S/2C12H14N2O2S2/c1-4-7-5-14-16-9(7)8-6(2)10(11(13)15)18-12(8)17-3;1-4-7-8(9-6(2)5-14-16-9)12(17-3)18-10(7)11(13)15/h2*5H,4H2,1-3H3,(H2,13,15). The molecule has 12 heteroatoms. The zero-order valence-corrected chi connectivity index (χ0v) is 24.2. The molecule has 4 rings (SSSR count). The van der Waals surface area contributed by atoms with E-state index in [-0.39, 0.29) is 5.91 Å². The molecular formula is C24H28N4O4S4. The van der Waals surface area contributed by atoms with Crippen molar-refractivity contribution >= 4 is 58.0 Å². The van der Waals surface area contributed by atoms with Gasteiger partial charge in [0.15, 0.2) is 11.5 Å². The first-order valence-corrected chi connectivity index (χ1v) is 15.1. The molecule has 36 heavy (non-hydrogen) atoms. The quantitative estimate of drug-likeness (QED) is 0.242. The van der Waals surface area contributed by atoms with Crippen molar-refractivity contribution in [1.29, 1.82) is 0 Å². The van der Waals surface area contributed by atoms with Gasteiger partial charge in [-0.1, -0.05) is 24.2 Å². The lowest BCUT2D eigenvalue weighted by Gasteiger charge is -2.02. The van der Waals surface area contributed by atoms with Gasteiger partial charge in [0.2, 0.25) is 0 Å². The van der Waals surface area contributed by atoms with Crippen LogP contribution in [0.3, 0.4) is 0 Å². The van der Waals surface area contributed by atoms with Gasteiger partial charge in [-0.25, -0.2) is 0 Å². The molecule has 8 nitrogen and oxygen atoms in total. The van der Waals surface area contributed by atoms with Crippen LogP contribution in [0.15, 0.2) is 29.9 Å². The van der Waals surface area contributed by atoms with Crippen molar-refractivity contribution in [3.05, 3.63) is 44.4 Å². The van der Waals surface area contributed by atoms with Gasteiger partial charge in [0.05, 0.1) is 30.6 Å². The van der Waals surface area contributed by atoms with Crippen LogP contribution < -0.4 is 11.5 Å².